The summed E-state index contributed by atoms with van der Waals surface area (Å²) in [6.07, 6.45) is 1.24. The number of carbonyl (C=O) groups is 3. The first kappa shape index (κ1) is 28.6. The Morgan fingerprint density at radius 1 is 1.06 bits per heavy atom. The van der Waals surface area contributed by atoms with E-state index in [0.717, 1.165) is 30.1 Å². The molecule has 0 N–H and O–H groups in total. The van der Waals surface area contributed by atoms with Crippen molar-refractivity contribution < 1.29 is 28.6 Å². The molecule has 0 radical (unpaired) electrons. The molecule has 9 heteroatoms. The number of carbonyl (C=O) groups excluding carboxylic acids is 3. The van der Waals surface area contributed by atoms with Crippen molar-refractivity contribution in [1.82, 2.24) is 0 Å². The number of thiophene rings is 1. The van der Waals surface area contributed by atoms with E-state index >= 15 is 0 Å². The fourth-order valence-electron chi connectivity index (χ4n) is 3.74. The third kappa shape index (κ3) is 6.52. The molecule has 1 aromatic heterocycles. The second-order valence-electron chi connectivity index (χ2n) is 7.66. The van der Waals surface area contributed by atoms with E-state index < -0.39 is 17.7 Å². The van der Waals surface area contributed by atoms with Crippen LogP contribution in [0.25, 0.3) is 6.08 Å². The summed E-state index contributed by atoms with van der Waals surface area (Å²) in [5.41, 5.74) is 2.02. The van der Waals surface area contributed by atoms with Crippen LogP contribution in [0, 0.1) is 18.3 Å². The predicted molar refractivity (Wildman–Crippen MR) is 140 cm³/mol. The molecule has 0 unspecified atom stereocenters. The lowest BCUT2D eigenvalue weighted by Gasteiger charge is -2.22. The summed E-state index contributed by atoms with van der Waals surface area (Å²) in [5.74, 6) is -1.16. The molecule has 1 heterocycles. The molecule has 2 rings (SSSR count). The van der Waals surface area contributed by atoms with Gasteiger partial charge in [0.2, 0.25) is 0 Å². The monoisotopic (exact) mass is 512 g/mol. The number of ether oxygens (including phenoxy) is 3. The highest BCUT2D eigenvalue weighted by Gasteiger charge is 2.28. The smallest absolute Gasteiger partial charge is 0.348 e. The average molecular weight is 513 g/mol. The molecular formula is C27H32N2O6S. The average Bonchev–Trinajstić information content (AvgIpc) is 3.19. The maximum atomic E-state index is 13.2. The molecule has 0 amide bonds. The minimum absolute atomic E-state index is 0.0950. The molecule has 0 saturated carbocycles. The van der Waals surface area contributed by atoms with Gasteiger partial charge in [0.05, 0.1) is 31.5 Å². The van der Waals surface area contributed by atoms with Crippen molar-refractivity contribution >= 4 is 40.8 Å². The second kappa shape index (κ2) is 13.4. The summed E-state index contributed by atoms with van der Waals surface area (Å²) < 4.78 is 15.8. The summed E-state index contributed by atoms with van der Waals surface area (Å²) in [7, 11) is 1.53. The standard InChI is InChI=1S/C27H32N2O6S/c1-7-29(8-2)20-12-11-18(22(14-20)33-6)13-19(16-28)21(30)15-23-24(26(31)34-9-3)17(5)25(36-23)27(32)35-10-4/h11-14H,7-10,15H2,1-6H3/b19-13+. The minimum atomic E-state index is -0.624. The van der Waals surface area contributed by atoms with E-state index in [9.17, 15) is 19.6 Å². The first-order valence-corrected chi connectivity index (χ1v) is 12.6. The molecule has 8 nitrogen and oxygen atoms in total. The maximum Gasteiger partial charge on any atom is 0.348 e. The number of ketones is 1. The van der Waals surface area contributed by atoms with Crippen LogP contribution in [0.15, 0.2) is 23.8 Å². The highest BCUT2D eigenvalue weighted by molar-refractivity contribution is 7.14. The second-order valence-corrected chi connectivity index (χ2v) is 8.77. The van der Waals surface area contributed by atoms with Gasteiger partial charge in [-0.25, -0.2) is 9.59 Å². The molecule has 0 aliphatic rings. The van der Waals surface area contributed by atoms with Gasteiger partial charge in [0, 0.05) is 41.7 Å². The Balaban J connectivity index is 2.46. The van der Waals surface area contributed by atoms with Crippen LogP contribution in [0.3, 0.4) is 0 Å². The van der Waals surface area contributed by atoms with Crippen LogP contribution in [-0.4, -0.2) is 51.1 Å². The zero-order valence-electron chi connectivity index (χ0n) is 21.6. The van der Waals surface area contributed by atoms with Gasteiger partial charge >= 0.3 is 11.9 Å². The van der Waals surface area contributed by atoms with Gasteiger partial charge in [-0.15, -0.1) is 11.3 Å². The Kier molecular flexibility index (Phi) is 10.7. The SMILES string of the molecule is CCOC(=O)c1sc(CC(=O)/C(C#N)=C/c2ccc(N(CC)CC)cc2OC)c(C(=O)OCC)c1C. The molecular weight excluding hydrogens is 480 g/mol. The lowest BCUT2D eigenvalue weighted by Crippen LogP contribution is -2.21. The molecule has 0 bridgehead atoms. The first-order chi connectivity index (χ1) is 17.3. The van der Waals surface area contributed by atoms with Gasteiger partial charge in [0.1, 0.15) is 16.7 Å². The van der Waals surface area contributed by atoms with E-state index in [2.05, 4.69) is 18.7 Å². The highest BCUT2D eigenvalue weighted by Crippen LogP contribution is 2.32. The van der Waals surface area contributed by atoms with Crippen molar-refractivity contribution in [3.63, 3.8) is 0 Å². The van der Waals surface area contributed by atoms with E-state index in [1.165, 1.54) is 13.2 Å². The van der Waals surface area contributed by atoms with Crippen molar-refractivity contribution in [2.45, 2.75) is 41.0 Å². The molecule has 0 aliphatic carbocycles. The van der Waals surface area contributed by atoms with E-state index in [4.69, 9.17) is 14.2 Å². The fourth-order valence-corrected chi connectivity index (χ4v) is 4.92. The van der Waals surface area contributed by atoms with Crippen molar-refractivity contribution in [3.05, 3.63) is 50.2 Å². The van der Waals surface area contributed by atoms with Crippen LogP contribution in [0.2, 0.25) is 0 Å². The first-order valence-electron chi connectivity index (χ1n) is 11.8. The topological polar surface area (TPSA) is 106 Å². The van der Waals surface area contributed by atoms with Crippen LogP contribution in [0.1, 0.15) is 63.7 Å². The largest absolute Gasteiger partial charge is 0.496 e. The summed E-state index contributed by atoms with van der Waals surface area (Å²) in [4.78, 5) is 40.9. The van der Waals surface area contributed by atoms with Crippen LogP contribution < -0.4 is 9.64 Å². The third-order valence-electron chi connectivity index (χ3n) is 5.55. The third-order valence-corrected chi connectivity index (χ3v) is 6.82. The molecule has 0 aliphatic heterocycles. The summed E-state index contributed by atoms with van der Waals surface area (Å²) in [5, 5.41) is 9.75. The van der Waals surface area contributed by atoms with Crippen molar-refractivity contribution in [2.24, 2.45) is 0 Å². The van der Waals surface area contributed by atoms with Gasteiger partial charge in [-0.05, 0) is 58.4 Å². The number of anilines is 1. The zero-order chi connectivity index (χ0) is 26.8. The minimum Gasteiger partial charge on any atom is -0.496 e. The Hall–Kier alpha value is -3.64. The van der Waals surface area contributed by atoms with Gasteiger partial charge in [-0.2, -0.15) is 5.26 Å². The van der Waals surface area contributed by atoms with E-state index in [1.807, 2.05) is 18.2 Å². The van der Waals surface area contributed by atoms with Gasteiger partial charge in [0.25, 0.3) is 0 Å². The number of rotatable bonds is 12. The van der Waals surface area contributed by atoms with Crippen LogP contribution >= 0.6 is 11.3 Å². The van der Waals surface area contributed by atoms with Crippen molar-refractivity contribution in [3.8, 4) is 11.8 Å². The summed E-state index contributed by atoms with van der Waals surface area (Å²) in [6.45, 7) is 11.1. The van der Waals surface area contributed by atoms with Crippen LogP contribution in [-0.2, 0) is 20.7 Å². The van der Waals surface area contributed by atoms with Gasteiger partial charge in [0.15, 0.2) is 5.78 Å². The molecule has 0 spiro atoms. The van der Waals surface area contributed by atoms with E-state index in [1.54, 1.807) is 26.8 Å². The number of nitrogens with zero attached hydrogens (tertiary/aromatic N) is 2. The van der Waals surface area contributed by atoms with Gasteiger partial charge in [-0.1, -0.05) is 0 Å². The Labute approximate surface area is 216 Å². The normalized spacial score (nSPS) is 11.0. The quantitative estimate of drug-likeness (QED) is 0.223. The summed E-state index contributed by atoms with van der Waals surface area (Å²) >= 11 is 1.01. The number of esters is 2. The zero-order valence-corrected chi connectivity index (χ0v) is 22.4. The molecule has 0 atom stereocenters. The number of benzene rings is 1. The lowest BCUT2D eigenvalue weighted by atomic mass is 10.0. The molecule has 0 fully saturated rings. The fraction of sp³-hybridized carbons (Fsp3) is 0.407. The Morgan fingerprint density at radius 3 is 2.25 bits per heavy atom. The van der Waals surface area contributed by atoms with Gasteiger partial charge < -0.3 is 19.1 Å². The predicted octanol–water partition coefficient (Wildman–Crippen LogP) is 4.98. The number of methoxy groups -OCH3 is 1. The number of hydrogen-bond donors (Lipinski definition) is 0. The molecule has 2 aromatic rings. The summed E-state index contributed by atoms with van der Waals surface area (Å²) in [6, 6.07) is 7.54. The van der Waals surface area contributed by atoms with E-state index in [-0.39, 0.29) is 35.6 Å². The number of hydrogen-bond acceptors (Lipinski definition) is 9. The Morgan fingerprint density at radius 2 is 1.69 bits per heavy atom. The maximum absolute atomic E-state index is 13.2. The van der Waals surface area contributed by atoms with E-state index in [0.29, 0.717) is 21.8 Å². The number of Topliss-reactive ketones (excluding diaryl/α,β-unsaturated/α-hetero) is 1. The lowest BCUT2D eigenvalue weighted by molar-refractivity contribution is -0.114. The van der Waals surface area contributed by atoms with Gasteiger partial charge in [-0.3, -0.25) is 4.79 Å². The van der Waals surface area contributed by atoms with Crippen molar-refractivity contribution in [1.29, 1.82) is 5.26 Å². The number of allylic oxidation sites excluding steroid dienone is 1. The van der Waals surface area contributed by atoms with Crippen molar-refractivity contribution in [2.75, 3.05) is 38.3 Å². The van der Waals surface area contributed by atoms with Crippen LogP contribution in [0.4, 0.5) is 5.69 Å². The Bertz CT molecular complexity index is 1190. The molecule has 192 valence electrons. The highest BCUT2D eigenvalue weighted by atomic mass is 32.1. The molecule has 1 aromatic carbocycles. The molecule has 36 heavy (non-hydrogen) atoms. The van der Waals surface area contributed by atoms with Crippen LogP contribution in [0.5, 0.6) is 5.75 Å². The number of nitriles is 1. The molecule has 0 saturated heterocycles.